The van der Waals surface area contributed by atoms with E-state index >= 15 is 0 Å². The molecule has 0 unspecified atom stereocenters. The third-order valence-corrected chi connectivity index (χ3v) is 4.66. The molecule has 0 spiro atoms. The number of rotatable bonds is 1. The van der Waals surface area contributed by atoms with E-state index in [1.165, 1.54) is 4.70 Å². The molecule has 96 valence electrons. The minimum absolute atomic E-state index is 0.760. The minimum atomic E-state index is 0.760. The van der Waals surface area contributed by atoms with E-state index in [1.807, 2.05) is 30.3 Å². The zero-order valence-corrected chi connectivity index (χ0v) is 12.1. The Labute approximate surface area is 125 Å². The molecule has 0 bridgehead atoms. The van der Waals surface area contributed by atoms with Crippen LogP contribution in [0.5, 0.6) is 0 Å². The highest BCUT2D eigenvalue weighted by molar-refractivity contribution is 7.21. The van der Waals surface area contributed by atoms with E-state index in [-0.39, 0.29) is 0 Å². The second kappa shape index (κ2) is 4.58. The first-order chi connectivity index (χ1) is 9.81. The smallest absolute Gasteiger partial charge is 0.124 e. The van der Waals surface area contributed by atoms with Gasteiger partial charge in [0.25, 0.3) is 0 Å². The predicted octanol–water partition coefficient (Wildman–Crippen LogP) is 5.77. The number of hydrogen-bond acceptors (Lipinski definition) is 2. The molecule has 0 N–H and O–H groups in total. The lowest BCUT2D eigenvalue weighted by Crippen LogP contribution is -1.77. The molecule has 4 rings (SSSR count). The van der Waals surface area contributed by atoms with Crippen LogP contribution in [0.15, 0.2) is 60.7 Å². The van der Waals surface area contributed by atoms with Crippen LogP contribution in [0.2, 0.25) is 5.02 Å². The van der Waals surface area contributed by atoms with E-state index in [0.717, 1.165) is 31.9 Å². The predicted molar refractivity (Wildman–Crippen MR) is 87.6 cm³/mol. The fraction of sp³-hybridized carbons (Fsp3) is 0. The highest BCUT2D eigenvalue weighted by Gasteiger charge is 2.09. The van der Waals surface area contributed by atoms with Crippen molar-refractivity contribution in [2.24, 2.45) is 0 Å². The molecular formula is C17H10ClNS. The number of thiazole rings is 1. The van der Waals surface area contributed by atoms with Gasteiger partial charge in [-0.05, 0) is 23.6 Å². The van der Waals surface area contributed by atoms with Gasteiger partial charge in [-0.15, -0.1) is 11.3 Å². The second-order valence-electron chi connectivity index (χ2n) is 4.66. The largest absolute Gasteiger partial charge is 0.235 e. The van der Waals surface area contributed by atoms with Crippen molar-refractivity contribution in [3.63, 3.8) is 0 Å². The lowest BCUT2D eigenvalue weighted by molar-refractivity contribution is 1.49. The Hall–Kier alpha value is -1.90. The van der Waals surface area contributed by atoms with Gasteiger partial charge in [0.15, 0.2) is 0 Å². The monoisotopic (exact) mass is 295 g/mol. The molecule has 0 saturated heterocycles. The van der Waals surface area contributed by atoms with Crippen molar-refractivity contribution < 1.29 is 0 Å². The third kappa shape index (κ3) is 1.89. The fourth-order valence-corrected chi connectivity index (χ4v) is 3.56. The van der Waals surface area contributed by atoms with Crippen LogP contribution in [0, 0.1) is 0 Å². The van der Waals surface area contributed by atoms with Crippen molar-refractivity contribution in [3.8, 4) is 10.6 Å². The number of aromatic nitrogens is 1. The topological polar surface area (TPSA) is 12.9 Å². The van der Waals surface area contributed by atoms with Crippen LogP contribution in [0.4, 0.5) is 0 Å². The zero-order chi connectivity index (χ0) is 13.5. The lowest BCUT2D eigenvalue weighted by Gasteiger charge is -1.98. The Balaban J connectivity index is 2.02. The van der Waals surface area contributed by atoms with E-state index < -0.39 is 0 Å². The summed E-state index contributed by atoms with van der Waals surface area (Å²) in [6.07, 6.45) is 0. The maximum Gasteiger partial charge on any atom is 0.124 e. The lowest BCUT2D eigenvalue weighted by atomic mass is 10.1. The second-order valence-corrected chi connectivity index (χ2v) is 6.13. The van der Waals surface area contributed by atoms with E-state index in [0.29, 0.717) is 0 Å². The molecule has 0 radical (unpaired) electrons. The summed E-state index contributed by atoms with van der Waals surface area (Å²) in [5, 5.41) is 4.11. The molecule has 1 heterocycles. The highest BCUT2D eigenvalue weighted by atomic mass is 35.5. The average molecular weight is 296 g/mol. The van der Waals surface area contributed by atoms with E-state index in [1.54, 1.807) is 11.3 Å². The van der Waals surface area contributed by atoms with Crippen LogP contribution in [0.1, 0.15) is 0 Å². The number of benzene rings is 3. The fourth-order valence-electron chi connectivity index (χ4n) is 2.39. The summed E-state index contributed by atoms with van der Waals surface area (Å²) in [4.78, 5) is 4.82. The Morgan fingerprint density at radius 2 is 1.75 bits per heavy atom. The molecule has 1 aromatic heterocycles. The Morgan fingerprint density at radius 3 is 2.60 bits per heavy atom. The van der Waals surface area contributed by atoms with Crippen LogP contribution in [-0.2, 0) is 0 Å². The van der Waals surface area contributed by atoms with Gasteiger partial charge in [0.1, 0.15) is 5.01 Å². The van der Waals surface area contributed by atoms with Crippen LogP contribution < -0.4 is 0 Å². The Bertz CT molecular complexity index is 912. The van der Waals surface area contributed by atoms with Crippen molar-refractivity contribution in [1.82, 2.24) is 4.98 Å². The van der Waals surface area contributed by atoms with Gasteiger partial charge < -0.3 is 0 Å². The van der Waals surface area contributed by atoms with Crippen molar-refractivity contribution in [1.29, 1.82) is 0 Å². The third-order valence-electron chi connectivity index (χ3n) is 3.36. The van der Waals surface area contributed by atoms with Gasteiger partial charge >= 0.3 is 0 Å². The van der Waals surface area contributed by atoms with Gasteiger partial charge in [-0.3, -0.25) is 0 Å². The number of nitrogens with zero attached hydrogens (tertiary/aromatic N) is 1. The Morgan fingerprint density at radius 1 is 0.900 bits per heavy atom. The molecule has 0 atom stereocenters. The first kappa shape index (κ1) is 11.9. The van der Waals surface area contributed by atoms with Crippen LogP contribution in [0.3, 0.4) is 0 Å². The van der Waals surface area contributed by atoms with Crippen molar-refractivity contribution in [2.45, 2.75) is 0 Å². The summed E-state index contributed by atoms with van der Waals surface area (Å²) in [6.45, 7) is 0. The molecule has 0 amide bonds. The van der Waals surface area contributed by atoms with Crippen LogP contribution in [0.25, 0.3) is 31.6 Å². The van der Waals surface area contributed by atoms with E-state index in [9.17, 15) is 0 Å². The van der Waals surface area contributed by atoms with Gasteiger partial charge in [0, 0.05) is 16.0 Å². The summed E-state index contributed by atoms with van der Waals surface area (Å²) in [7, 11) is 0. The number of halogens is 1. The average Bonchev–Trinajstić information content (AvgIpc) is 2.92. The molecule has 3 heteroatoms. The molecule has 0 aliphatic rings. The van der Waals surface area contributed by atoms with Crippen molar-refractivity contribution in [3.05, 3.63) is 65.7 Å². The summed E-state index contributed by atoms with van der Waals surface area (Å²) in [5.74, 6) is 0. The van der Waals surface area contributed by atoms with Gasteiger partial charge in [0.05, 0.1) is 10.2 Å². The summed E-state index contributed by atoms with van der Waals surface area (Å²) >= 11 is 7.78. The maximum atomic E-state index is 6.05. The first-order valence-corrected chi connectivity index (χ1v) is 7.55. The highest BCUT2D eigenvalue weighted by Crippen LogP contribution is 2.34. The van der Waals surface area contributed by atoms with Gasteiger partial charge in [0.2, 0.25) is 0 Å². The molecule has 20 heavy (non-hydrogen) atoms. The normalized spacial score (nSPS) is 11.2. The molecule has 0 saturated carbocycles. The quantitative estimate of drug-likeness (QED) is 0.434. The van der Waals surface area contributed by atoms with Crippen LogP contribution in [-0.4, -0.2) is 4.98 Å². The molecule has 4 aromatic rings. The number of fused-ring (bicyclic) bond motifs is 3. The Kier molecular flexibility index (Phi) is 2.72. The van der Waals surface area contributed by atoms with Crippen molar-refractivity contribution in [2.75, 3.05) is 0 Å². The molecule has 0 aliphatic heterocycles. The standard InChI is InChI=1S/C17H10ClNS/c18-13-7-8-14-12(10-13)6-9-15-16(14)19-17(20-15)11-4-2-1-3-5-11/h1-10H. The summed E-state index contributed by atoms with van der Waals surface area (Å²) in [5.41, 5.74) is 2.22. The number of hydrogen-bond donors (Lipinski definition) is 0. The van der Waals surface area contributed by atoms with Gasteiger partial charge in [-0.2, -0.15) is 0 Å². The molecule has 0 aliphatic carbocycles. The van der Waals surface area contributed by atoms with E-state index in [2.05, 4.69) is 30.3 Å². The van der Waals surface area contributed by atoms with E-state index in [4.69, 9.17) is 16.6 Å². The summed E-state index contributed by atoms with van der Waals surface area (Å²) in [6, 6.07) is 20.5. The van der Waals surface area contributed by atoms with Gasteiger partial charge in [-0.25, -0.2) is 4.98 Å². The van der Waals surface area contributed by atoms with Crippen LogP contribution >= 0.6 is 22.9 Å². The maximum absolute atomic E-state index is 6.05. The van der Waals surface area contributed by atoms with Gasteiger partial charge in [-0.1, -0.05) is 54.1 Å². The summed E-state index contributed by atoms with van der Waals surface area (Å²) < 4.78 is 1.21. The first-order valence-electron chi connectivity index (χ1n) is 6.35. The molecular weight excluding hydrogens is 286 g/mol. The SMILES string of the molecule is Clc1ccc2c(ccc3sc(-c4ccccc4)nc32)c1. The zero-order valence-electron chi connectivity index (χ0n) is 10.5. The minimum Gasteiger partial charge on any atom is -0.235 e. The van der Waals surface area contributed by atoms with Crippen molar-refractivity contribution >= 4 is 43.9 Å². The molecule has 0 fully saturated rings. The molecule has 1 nitrogen and oxygen atoms in total. The molecule has 3 aromatic carbocycles.